The Labute approximate surface area is 154 Å². The monoisotopic (exact) mass is 392 g/mol. The van der Waals surface area contributed by atoms with Crippen molar-refractivity contribution in [3.05, 3.63) is 71.5 Å². The van der Waals surface area contributed by atoms with Crippen molar-refractivity contribution < 1.29 is 17.6 Å². The summed E-state index contributed by atoms with van der Waals surface area (Å²) in [6.07, 6.45) is 6.41. The van der Waals surface area contributed by atoms with Gasteiger partial charge in [-0.3, -0.25) is 4.79 Å². The van der Waals surface area contributed by atoms with Crippen LogP contribution < -0.4 is 4.83 Å². The molecule has 6 nitrogen and oxygen atoms in total. The predicted octanol–water partition coefficient (Wildman–Crippen LogP) is 2.93. The van der Waals surface area contributed by atoms with Crippen LogP contribution in [0.15, 0.2) is 75.1 Å². The van der Waals surface area contributed by atoms with Gasteiger partial charge in [-0.1, -0.05) is 48.3 Å². The van der Waals surface area contributed by atoms with Crippen LogP contribution in [0.1, 0.15) is 5.76 Å². The Kier molecular flexibility index (Phi) is 5.19. The van der Waals surface area contributed by atoms with Gasteiger partial charge in [0.05, 0.1) is 16.1 Å². The number of carbonyl (C=O) groups is 1. The number of hydrogen-bond acceptors (Lipinski definition) is 6. The molecule has 0 bridgehead atoms. The highest BCUT2D eigenvalue weighted by atomic mass is 32.2. The van der Waals surface area contributed by atoms with Crippen molar-refractivity contribution in [2.45, 2.75) is 4.90 Å². The number of thioether (sulfide) groups is 1. The van der Waals surface area contributed by atoms with E-state index in [0.29, 0.717) is 10.7 Å². The molecule has 1 aromatic heterocycles. The second kappa shape index (κ2) is 7.36. The zero-order chi connectivity index (χ0) is 17.9. The van der Waals surface area contributed by atoms with Crippen molar-refractivity contribution in [3.8, 4) is 0 Å². The molecule has 3 rings (SSSR count). The highest BCUT2D eigenvalue weighted by molar-refractivity contribution is 8.26. The number of nitrogens with one attached hydrogen (secondary N) is 1. The molecule has 0 saturated carbocycles. The Morgan fingerprint density at radius 3 is 2.60 bits per heavy atom. The fourth-order valence-electron chi connectivity index (χ4n) is 1.95. The normalized spacial score (nSPS) is 17.1. The van der Waals surface area contributed by atoms with E-state index >= 15 is 0 Å². The topological polar surface area (TPSA) is 79.6 Å². The van der Waals surface area contributed by atoms with Crippen LogP contribution in [0.3, 0.4) is 0 Å². The fraction of sp³-hybridized carbons (Fsp3) is 0. The first-order chi connectivity index (χ1) is 12.0. The smallest absolute Gasteiger partial charge is 0.281 e. The maximum absolute atomic E-state index is 12.4. The van der Waals surface area contributed by atoms with Gasteiger partial charge in [-0.05, 0) is 36.4 Å². The van der Waals surface area contributed by atoms with Crippen molar-refractivity contribution in [3.63, 3.8) is 0 Å². The van der Waals surface area contributed by atoms with Crippen LogP contribution in [0.5, 0.6) is 0 Å². The van der Waals surface area contributed by atoms with E-state index < -0.39 is 15.9 Å². The summed E-state index contributed by atoms with van der Waals surface area (Å²) < 4.78 is 29.9. The van der Waals surface area contributed by atoms with Crippen LogP contribution in [-0.4, -0.2) is 23.7 Å². The molecule has 0 atom stereocenters. The molecule has 1 aliphatic heterocycles. The molecule has 1 aliphatic rings. The molecule has 1 N–H and O–H groups in total. The summed E-state index contributed by atoms with van der Waals surface area (Å²) in [5.41, 5.74) is 0. The van der Waals surface area contributed by atoms with E-state index in [2.05, 4.69) is 4.83 Å². The van der Waals surface area contributed by atoms with E-state index in [0.717, 1.165) is 16.8 Å². The third-order valence-corrected chi connectivity index (χ3v) is 5.75. The highest BCUT2D eigenvalue weighted by Crippen LogP contribution is 2.30. The summed E-state index contributed by atoms with van der Waals surface area (Å²) in [6, 6.07) is 11.3. The lowest BCUT2D eigenvalue weighted by molar-refractivity contribution is -0.123. The number of nitrogens with zero attached hydrogens (tertiary/aromatic N) is 1. The van der Waals surface area contributed by atoms with E-state index in [1.165, 1.54) is 18.4 Å². The summed E-state index contributed by atoms with van der Waals surface area (Å²) in [5, 5.41) is 0.856. The van der Waals surface area contributed by atoms with Crippen LogP contribution in [0.25, 0.3) is 6.08 Å². The minimum absolute atomic E-state index is 0.0470. The van der Waals surface area contributed by atoms with Crippen molar-refractivity contribution in [2.24, 2.45) is 0 Å². The van der Waals surface area contributed by atoms with Crippen molar-refractivity contribution in [1.29, 1.82) is 0 Å². The Balaban J connectivity index is 1.75. The third-order valence-electron chi connectivity index (χ3n) is 3.11. The van der Waals surface area contributed by atoms with Gasteiger partial charge in [-0.25, -0.2) is 13.4 Å². The van der Waals surface area contributed by atoms with Gasteiger partial charge in [-0.2, -0.15) is 0 Å². The molecule has 0 aliphatic carbocycles. The highest BCUT2D eigenvalue weighted by Gasteiger charge is 2.35. The van der Waals surface area contributed by atoms with Crippen molar-refractivity contribution >= 4 is 50.3 Å². The Bertz CT molecular complexity index is 949. The average Bonchev–Trinajstić information content (AvgIpc) is 3.20. The summed E-state index contributed by atoms with van der Waals surface area (Å²) >= 11 is 6.12. The molecule has 128 valence electrons. The standard InChI is InChI=1S/C16H12N2O4S3/c19-15-14(10-4-6-12-7-5-11-22-12)24-16(23)18(15)17-25(20,21)13-8-2-1-3-9-13/h1-11,17H/b6-4+,14-10+. The zero-order valence-electron chi connectivity index (χ0n) is 12.7. The number of amides is 1. The van der Waals surface area contributed by atoms with Gasteiger partial charge in [0.1, 0.15) is 5.76 Å². The largest absolute Gasteiger partial charge is 0.465 e. The number of hydrogen-bond donors (Lipinski definition) is 1. The van der Waals surface area contributed by atoms with Gasteiger partial charge < -0.3 is 4.42 Å². The molecule has 2 aromatic rings. The van der Waals surface area contributed by atoms with Crippen molar-refractivity contribution in [2.75, 3.05) is 0 Å². The van der Waals surface area contributed by atoms with Gasteiger partial charge in [0.15, 0.2) is 4.32 Å². The number of thiocarbonyl (C=S) groups is 1. The third kappa shape index (κ3) is 4.07. The zero-order valence-corrected chi connectivity index (χ0v) is 15.1. The van der Waals surface area contributed by atoms with E-state index in [4.69, 9.17) is 16.6 Å². The predicted molar refractivity (Wildman–Crippen MR) is 99.6 cm³/mol. The number of rotatable bonds is 5. The molecule has 25 heavy (non-hydrogen) atoms. The molecule has 1 saturated heterocycles. The summed E-state index contributed by atoms with van der Waals surface area (Å²) in [6.45, 7) is 0. The first-order valence-corrected chi connectivity index (χ1v) is 9.74. The first-order valence-electron chi connectivity index (χ1n) is 7.03. The van der Waals surface area contributed by atoms with E-state index in [1.54, 1.807) is 48.6 Å². The Hall–Kier alpha value is -2.20. The summed E-state index contributed by atoms with van der Waals surface area (Å²) in [4.78, 5) is 15.0. The molecule has 1 aromatic carbocycles. The molecule has 2 heterocycles. The minimum atomic E-state index is -3.89. The van der Waals surface area contributed by atoms with Gasteiger partial charge in [0, 0.05) is 0 Å². The molecule has 0 unspecified atom stereocenters. The van der Waals surface area contributed by atoms with Crippen LogP contribution in [0.4, 0.5) is 0 Å². The molecular weight excluding hydrogens is 380 g/mol. The van der Waals surface area contributed by atoms with Gasteiger partial charge >= 0.3 is 0 Å². The fourth-order valence-corrected chi connectivity index (χ4v) is 4.23. The quantitative estimate of drug-likeness (QED) is 0.623. The number of allylic oxidation sites excluding steroid dienone is 2. The molecule has 9 heteroatoms. The molecule has 1 fully saturated rings. The number of hydrazine groups is 1. The molecule has 0 radical (unpaired) electrons. The Morgan fingerprint density at radius 2 is 1.92 bits per heavy atom. The second-order valence-corrected chi connectivity index (χ2v) is 8.16. The van der Waals surface area contributed by atoms with Crippen LogP contribution >= 0.6 is 24.0 Å². The lowest BCUT2D eigenvalue weighted by atomic mass is 10.3. The van der Waals surface area contributed by atoms with Crippen LogP contribution in [0.2, 0.25) is 0 Å². The van der Waals surface area contributed by atoms with E-state index in [9.17, 15) is 13.2 Å². The van der Waals surface area contributed by atoms with Crippen LogP contribution in [0, 0.1) is 0 Å². The second-order valence-electron chi connectivity index (χ2n) is 4.82. The summed E-state index contributed by atoms with van der Waals surface area (Å²) in [5.74, 6) is 0.107. The number of furan rings is 1. The maximum atomic E-state index is 12.4. The van der Waals surface area contributed by atoms with E-state index in [1.807, 2.05) is 0 Å². The maximum Gasteiger partial charge on any atom is 0.281 e. The molecular formula is C16H12N2O4S3. The van der Waals surface area contributed by atoms with Gasteiger partial charge in [0.25, 0.3) is 15.9 Å². The summed E-state index contributed by atoms with van der Waals surface area (Å²) in [7, 11) is -3.89. The molecule has 0 spiro atoms. The van der Waals surface area contributed by atoms with Gasteiger partial charge in [0.2, 0.25) is 0 Å². The van der Waals surface area contributed by atoms with Crippen molar-refractivity contribution in [1.82, 2.24) is 9.84 Å². The van der Waals surface area contributed by atoms with E-state index in [-0.39, 0.29) is 9.22 Å². The Morgan fingerprint density at radius 1 is 1.16 bits per heavy atom. The lowest BCUT2D eigenvalue weighted by Gasteiger charge is -2.15. The van der Waals surface area contributed by atoms with Crippen LogP contribution in [-0.2, 0) is 14.8 Å². The lowest BCUT2D eigenvalue weighted by Crippen LogP contribution is -2.44. The minimum Gasteiger partial charge on any atom is -0.465 e. The first kappa shape index (κ1) is 17.6. The number of sulfonamides is 1. The van der Waals surface area contributed by atoms with Gasteiger partial charge in [-0.15, -0.1) is 4.83 Å². The number of carbonyl (C=O) groups excluding carboxylic acids is 1. The SMILES string of the molecule is O=C1/C(=C\C=C\c2ccco2)SC(=S)N1NS(=O)(=O)c1ccccc1. The average molecular weight is 392 g/mol. The molecule has 1 amide bonds. The number of benzene rings is 1.